The number of carbonyl (C=O) groups is 5. The molecule has 11 nitrogen and oxygen atoms in total. The Morgan fingerprint density at radius 2 is 1.48 bits per heavy atom. The summed E-state index contributed by atoms with van der Waals surface area (Å²) in [5.74, 6) is -2.27. The third kappa shape index (κ3) is 10.7. The van der Waals surface area contributed by atoms with E-state index in [0.717, 1.165) is 0 Å². The minimum Gasteiger partial charge on any atom is -0.460 e. The van der Waals surface area contributed by atoms with Crippen molar-refractivity contribution in [3.05, 3.63) is 29.3 Å². The second-order valence-electron chi connectivity index (χ2n) is 11.4. The predicted octanol–water partition coefficient (Wildman–Crippen LogP) is 3.22. The van der Waals surface area contributed by atoms with Gasteiger partial charge in [0.25, 0.3) is 0 Å². The van der Waals surface area contributed by atoms with Crippen LogP contribution in [0.4, 0.5) is 5.69 Å². The first kappa shape index (κ1) is 33.5. The molecule has 0 bridgehead atoms. The lowest BCUT2D eigenvalue weighted by atomic mass is 9.69. The van der Waals surface area contributed by atoms with Crippen LogP contribution in [0.25, 0.3) is 0 Å². The smallest absolute Gasteiger partial charge is 0.308 e. The summed E-state index contributed by atoms with van der Waals surface area (Å²) in [7, 11) is 0. The number of rotatable bonds is 17. The Hall–Kier alpha value is -2.99. The van der Waals surface area contributed by atoms with Gasteiger partial charge in [0.1, 0.15) is 17.2 Å². The highest BCUT2D eigenvalue weighted by Crippen LogP contribution is 2.37. The molecule has 0 aromatic heterocycles. The van der Waals surface area contributed by atoms with E-state index in [1.54, 1.807) is 18.2 Å². The lowest BCUT2D eigenvalue weighted by Crippen LogP contribution is -2.39. The number of ketones is 4. The van der Waals surface area contributed by atoms with Gasteiger partial charge in [-0.15, -0.1) is 0 Å². The van der Waals surface area contributed by atoms with Gasteiger partial charge in [0.05, 0.1) is 71.3 Å². The number of hydrogen-bond donors (Lipinski definition) is 1. The van der Waals surface area contributed by atoms with E-state index in [1.807, 2.05) is 20.8 Å². The topological polar surface area (TPSA) is 144 Å². The van der Waals surface area contributed by atoms with E-state index in [-0.39, 0.29) is 61.4 Å². The molecule has 0 heterocycles. The van der Waals surface area contributed by atoms with E-state index in [0.29, 0.717) is 76.0 Å². The molecule has 2 atom stereocenters. The van der Waals surface area contributed by atoms with Crippen LogP contribution in [0.2, 0.25) is 0 Å². The van der Waals surface area contributed by atoms with Crippen molar-refractivity contribution >= 4 is 34.8 Å². The van der Waals surface area contributed by atoms with Crippen LogP contribution in [0.5, 0.6) is 0 Å². The maximum atomic E-state index is 13.2. The summed E-state index contributed by atoms with van der Waals surface area (Å²) in [6.45, 7) is 8.96. The summed E-state index contributed by atoms with van der Waals surface area (Å²) >= 11 is 0. The lowest BCUT2D eigenvalue weighted by Gasteiger charge is -2.31. The van der Waals surface area contributed by atoms with Gasteiger partial charge in [0.15, 0.2) is 11.6 Å². The largest absolute Gasteiger partial charge is 0.460 e. The molecule has 2 aliphatic rings. The fourth-order valence-corrected chi connectivity index (χ4v) is 5.01. The summed E-state index contributed by atoms with van der Waals surface area (Å²) in [4.78, 5) is 61.8. The van der Waals surface area contributed by atoms with Gasteiger partial charge in [-0.05, 0) is 33.3 Å². The predicted molar refractivity (Wildman–Crippen MR) is 153 cm³/mol. The van der Waals surface area contributed by atoms with Crippen molar-refractivity contribution in [1.82, 2.24) is 0 Å². The van der Waals surface area contributed by atoms with Crippen LogP contribution in [0.3, 0.4) is 0 Å². The second kappa shape index (κ2) is 16.6. The molecule has 3 rings (SSSR count). The zero-order chi connectivity index (χ0) is 30.5. The Bertz CT molecular complexity index is 1110. The Kier molecular flexibility index (Phi) is 13.2. The standard InChI is InChI=1S/C31H43NO10/c1-31(2,3)42-28(36)9-11-38-13-15-40-17-18-41-16-14-39-12-10-32-25-6-4-5-23-29(25)27(35)20-24(30(23)37)22-8-7-21(33)19-26(22)34/h4-6,22,24,32H,7-20H2,1-3H3. The SMILES string of the molecule is CC(C)(C)OC(=O)CCOCCOCCOCCOCCNc1cccc2c1C(=O)CC(C1CCC(=O)CC1=O)C2=O. The van der Waals surface area contributed by atoms with Gasteiger partial charge in [-0.1, -0.05) is 12.1 Å². The number of Topliss-reactive ketones (excluding diaryl/α,β-unsaturated/α-hetero) is 4. The van der Waals surface area contributed by atoms with Crippen molar-refractivity contribution in [2.75, 3.05) is 64.7 Å². The molecule has 0 radical (unpaired) electrons. The van der Waals surface area contributed by atoms with Crippen LogP contribution < -0.4 is 5.32 Å². The van der Waals surface area contributed by atoms with Gasteiger partial charge in [-0.25, -0.2) is 0 Å². The highest BCUT2D eigenvalue weighted by Gasteiger charge is 2.43. The fraction of sp³-hybridized carbons (Fsp3) is 0.645. The molecule has 232 valence electrons. The average molecular weight is 590 g/mol. The summed E-state index contributed by atoms with van der Waals surface area (Å²) < 4.78 is 27.1. The van der Waals surface area contributed by atoms with Crippen LogP contribution in [0.1, 0.15) is 73.6 Å². The average Bonchev–Trinajstić information content (AvgIpc) is 2.92. The number of fused-ring (bicyclic) bond motifs is 1. The normalized spacial score (nSPS) is 19.1. The minimum absolute atomic E-state index is 0.0200. The highest BCUT2D eigenvalue weighted by atomic mass is 16.6. The summed E-state index contributed by atoms with van der Waals surface area (Å²) in [5, 5.41) is 3.18. The molecule has 0 saturated heterocycles. The first-order valence-corrected chi connectivity index (χ1v) is 14.6. The molecule has 2 unspecified atom stereocenters. The zero-order valence-electron chi connectivity index (χ0n) is 24.9. The molecule has 1 fully saturated rings. The van der Waals surface area contributed by atoms with Crippen molar-refractivity contribution in [2.24, 2.45) is 11.8 Å². The van der Waals surface area contributed by atoms with Crippen LogP contribution in [-0.2, 0) is 38.1 Å². The van der Waals surface area contributed by atoms with Crippen molar-refractivity contribution in [2.45, 2.75) is 58.5 Å². The fourth-order valence-electron chi connectivity index (χ4n) is 5.01. The lowest BCUT2D eigenvalue weighted by molar-refractivity contribution is -0.156. The van der Waals surface area contributed by atoms with E-state index >= 15 is 0 Å². The molecule has 42 heavy (non-hydrogen) atoms. The molecule has 11 heteroatoms. The van der Waals surface area contributed by atoms with Gasteiger partial charge in [0, 0.05) is 42.5 Å². The Balaban J connectivity index is 1.24. The zero-order valence-corrected chi connectivity index (χ0v) is 24.9. The number of benzene rings is 1. The van der Waals surface area contributed by atoms with Crippen LogP contribution in [-0.4, -0.2) is 94.1 Å². The van der Waals surface area contributed by atoms with Gasteiger partial charge in [-0.3, -0.25) is 24.0 Å². The third-order valence-electron chi connectivity index (χ3n) is 6.90. The van der Waals surface area contributed by atoms with Gasteiger partial charge < -0.3 is 29.0 Å². The molecular weight excluding hydrogens is 546 g/mol. The molecule has 1 N–H and O–H groups in total. The molecule has 0 spiro atoms. The Labute approximate surface area is 246 Å². The molecule has 2 aliphatic carbocycles. The van der Waals surface area contributed by atoms with Gasteiger partial charge in [-0.2, -0.15) is 0 Å². The second-order valence-corrected chi connectivity index (χ2v) is 11.4. The number of hydrogen-bond acceptors (Lipinski definition) is 11. The molecule has 1 saturated carbocycles. The first-order valence-electron chi connectivity index (χ1n) is 14.6. The molecule has 0 aliphatic heterocycles. The maximum absolute atomic E-state index is 13.2. The summed E-state index contributed by atoms with van der Waals surface area (Å²) in [5.41, 5.74) is 0.759. The van der Waals surface area contributed by atoms with Crippen molar-refractivity contribution in [3.63, 3.8) is 0 Å². The molecule has 0 amide bonds. The minimum atomic E-state index is -0.696. The van der Waals surface area contributed by atoms with E-state index in [1.165, 1.54) is 0 Å². The van der Waals surface area contributed by atoms with Crippen molar-refractivity contribution in [1.29, 1.82) is 0 Å². The highest BCUT2D eigenvalue weighted by molar-refractivity contribution is 6.19. The Morgan fingerprint density at radius 1 is 0.857 bits per heavy atom. The molecule has 1 aromatic carbocycles. The van der Waals surface area contributed by atoms with E-state index < -0.39 is 17.4 Å². The number of nitrogens with one attached hydrogen (secondary N) is 1. The quantitative estimate of drug-likeness (QED) is 0.162. The van der Waals surface area contributed by atoms with E-state index in [4.69, 9.17) is 23.7 Å². The van der Waals surface area contributed by atoms with Crippen LogP contribution >= 0.6 is 0 Å². The monoisotopic (exact) mass is 589 g/mol. The number of ether oxygens (including phenoxy) is 5. The maximum Gasteiger partial charge on any atom is 0.308 e. The summed E-state index contributed by atoms with van der Waals surface area (Å²) in [6, 6.07) is 5.10. The van der Waals surface area contributed by atoms with Gasteiger partial charge >= 0.3 is 5.97 Å². The number of esters is 1. The van der Waals surface area contributed by atoms with E-state index in [9.17, 15) is 24.0 Å². The van der Waals surface area contributed by atoms with Crippen molar-refractivity contribution in [3.8, 4) is 0 Å². The van der Waals surface area contributed by atoms with Crippen molar-refractivity contribution < 1.29 is 47.7 Å². The Morgan fingerprint density at radius 3 is 2.10 bits per heavy atom. The molecule has 1 aromatic rings. The van der Waals surface area contributed by atoms with E-state index in [2.05, 4.69) is 5.32 Å². The number of carbonyl (C=O) groups excluding carboxylic acids is 5. The third-order valence-corrected chi connectivity index (χ3v) is 6.90. The number of anilines is 1. The molecular formula is C31H43NO10. The van der Waals surface area contributed by atoms with Crippen LogP contribution in [0.15, 0.2) is 18.2 Å². The van der Waals surface area contributed by atoms with Gasteiger partial charge in [0.2, 0.25) is 0 Å². The first-order chi connectivity index (χ1) is 20.1. The van der Waals surface area contributed by atoms with Crippen LogP contribution in [0, 0.1) is 11.8 Å². The summed E-state index contributed by atoms with van der Waals surface area (Å²) in [6.07, 6.45) is 0.641.